The number of hydrogen-bond donors (Lipinski definition) is 2. The molecule has 0 aromatic heterocycles. The van der Waals surface area contributed by atoms with Crippen LogP contribution in [0.2, 0.25) is 0 Å². The molecule has 1 aliphatic heterocycles. The van der Waals surface area contributed by atoms with Gasteiger partial charge in [0.2, 0.25) is 0 Å². The first-order valence-electron chi connectivity index (χ1n) is 5.24. The van der Waals surface area contributed by atoms with Crippen LogP contribution in [0.4, 0.5) is 4.79 Å². The van der Waals surface area contributed by atoms with Gasteiger partial charge in [-0.3, -0.25) is 10.1 Å². The highest BCUT2D eigenvalue weighted by Crippen LogP contribution is 2.30. The zero-order valence-electron chi connectivity index (χ0n) is 9.02. The van der Waals surface area contributed by atoms with Crippen LogP contribution in [0.1, 0.15) is 40.0 Å². The molecule has 4 nitrogen and oxygen atoms in total. The molecule has 1 unspecified atom stereocenters. The van der Waals surface area contributed by atoms with E-state index in [9.17, 15) is 9.59 Å². The highest BCUT2D eigenvalue weighted by atomic mass is 16.2. The van der Waals surface area contributed by atoms with Crippen LogP contribution < -0.4 is 10.6 Å². The van der Waals surface area contributed by atoms with Gasteiger partial charge in [0.15, 0.2) is 0 Å². The molecule has 1 fully saturated rings. The quantitative estimate of drug-likeness (QED) is 0.671. The van der Waals surface area contributed by atoms with Crippen LogP contribution in [0.3, 0.4) is 0 Å². The molecule has 0 aromatic carbocycles. The molecule has 0 saturated carbocycles. The Morgan fingerprint density at radius 2 is 1.79 bits per heavy atom. The predicted octanol–water partition coefficient (Wildman–Crippen LogP) is 1.41. The van der Waals surface area contributed by atoms with E-state index in [0.717, 1.165) is 12.8 Å². The maximum Gasteiger partial charge on any atom is 0.322 e. The molecule has 1 atom stereocenters. The molecule has 14 heavy (non-hydrogen) atoms. The topological polar surface area (TPSA) is 58.2 Å². The summed E-state index contributed by atoms with van der Waals surface area (Å²) in [7, 11) is 0. The summed E-state index contributed by atoms with van der Waals surface area (Å²) in [6.45, 7) is 6.02. The van der Waals surface area contributed by atoms with E-state index in [-0.39, 0.29) is 17.9 Å². The molecule has 0 aromatic rings. The van der Waals surface area contributed by atoms with Crippen LogP contribution in [0.5, 0.6) is 0 Å². The van der Waals surface area contributed by atoms with Crippen molar-refractivity contribution in [2.45, 2.75) is 45.6 Å². The summed E-state index contributed by atoms with van der Waals surface area (Å²) in [6.07, 6.45) is 2.45. The van der Waals surface area contributed by atoms with Gasteiger partial charge in [0.05, 0.1) is 0 Å². The molecule has 1 saturated heterocycles. The molecular weight excluding hydrogens is 180 g/mol. The van der Waals surface area contributed by atoms with Crippen molar-refractivity contribution in [2.75, 3.05) is 0 Å². The van der Waals surface area contributed by atoms with Crippen molar-refractivity contribution in [3.05, 3.63) is 0 Å². The lowest BCUT2D eigenvalue weighted by molar-refractivity contribution is -0.126. The minimum absolute atomic E-state index is 0.168. The third-order valence-electron chi connectivity index (χ3n) is 3.21. The average Bonchev–Trinajstić information content (AvgIpc) is 2.44. The normalized spacial score (nSPS) is 26.6. The van der Waals surface area contributed by atoms with Crippen molar-refractivity contribution in [2.24, 2.45) is 5.92 Å². The third-order valence-corrected chi connectivity index (χ3v) is 3.21. The zero-order chi connectivity index (χ0) is 10.8. The first kappa shape index (κ1) is 11.0. The second-order valence-corrected chi connectivity index (χ2v) is 3.75. The Labute approximate surface area is 84.4 Å². The lowest BCUT2D eigenvalue weighted by Gasteiger charge is -2.32. The molecule has 0 bridgehead atoms. The molecule has 1 heterocycles. The van der Waals surface area contributed by atoms with Gasteiger partial charge >= 0.3 is 6.03 Å². The lowest BCUT2D eigenvalue weighted by atomic mass is 9.78. The van der Waals surface area contributed by atoms with Crippen molar-refractivity contribution < 1.29 is 9.59 Å². The highest BCUT2D eigenvalue weighted by Gasteiger charge is 2.48. The standard InChI is InChI=1S/C10H18N2O2/c1-4-7(5-2)10(6-3)8(13)11-9(14)12-10/h7H,4-6H2,1-3H3,(H2,11,12,13,14). The van der Waals surface area contributed by atoms with Crippen LogP contribution in [-0.2, 0) is 4.79 Å². The van der Waals surface area contributed by atoms with Gasteiger partial charge in [-0.2, -0.15) is 0 Å². The van der Waals surface area contributed by atoms with E-state index < -0.39 is 5.54 Å². The summed E-state index contributed by atoms with van der Waals surface area (Å²) in [5.74, 6) is 0.0534. The van der Waals surface area contributed by atoms with Crippen molar-refractivity contribution in [1.29, 1.82) is 0 Å². The van der Waals surface area contributed by atoms with Gasteiger partial charge in [0, 0.05) is 0 Å². The molecule has 0 aliphatic carbocycles. The summed E-state index contributed by atoms with van der Waals surface area (Å²) in [4.78, 5) is 22.8. The molecule has 4 heteroatoms. The number of rotatable bonds is 4. The summed E-state index contributed by atoms with van der Waals surface area (Å²) < 4.78 is 0. The van der Waals surface area contributed by atoms with Crippen LogP contribution in [0, 0.1) is 5.92 Å². The number of amides is 3. The summed E-state index contributed by atoms with van der Waals surface area (Å²) >= 11 is 0. The average molecular weight is 198 g/mol. The summed E-state index contributed by atoms with van der Waals surface area (Å²) in [6, 6.07) is -0.358. The highest BCUT2D eigenvalue weighted by molar-refractivity contribution is 6.07. The Morgan fingerprint density at radius 1 is 1.21 bits per heavy atom. The number of urea groups is 1. The Morgan fingerprint density at radius 3 is 2.07 bits per heavy atom. The van der Waals surface area contributed by atoms with Gasteiger partial charge in [-0.15, -0.1) is 0 Å². The Balaban J connectivity index is 2.95. The smallest absolute Gasteiger partial charge is 0.322 e. The predicted molar refractivity (Wildman–Crippen MR) is 53.8 cm³/mol. The number of nitrogens with one attached hydrogen (secondary N) is 2. The van der Waals surface area contributed by atoms with Crippen LogP contribution >= 0.6 is 0 Å². The fourth-order valence-electron chi connectivity index (χ4n) is 2.32. The lowest BCUT2D eigenvalue weighted by Crippen LogP contribution is -2.52. The van der Waals surface area contributed by atoms with Crippen molar-refractivity contribution >= 4 is 11.9 Å². The van der Waals surface area contributed by atoms with Crippen LogP contribution in [0.15, 0.2) is 0 Å². The molecule has 1 aliphatic rings. The Hall–Kier alpha value is -1.06. The minimum Gasteiger partial charge on any atom is -0.323 e. The van der Waals surface area contributed by atoms with Crippen LogP contribution in [-0.4, -0.2) is 17.5 Å². The van der Waals surface area contributed by atoms with E-state index in [1.54, 1.807) is 0 Å². The third kappa shape index (κ3) is 1.49. The van der Waals surface area contributed by atoms with Gasteiger partial charge in [-0.25, -0.2) is 4.79 Å². The molecule has 80 valence electrons. The van der Waals surface area contributed by atoms with E-state index >= 15 is 0 Å². The first-order valence-corrected chi connectivity index (χ1v) is 5.24. The molecule has 2 N–H and O–H groups in total. The summed E-state index contributed by atoms with van der Waals surface area (Å²) in [5, 5.41) is 5.09. The van der Waals surface area contributed by atoms with Gasteiger partial charge in [-0.1, -0.05) is 33.6 Å². The van der Waals surface area contributed by atoms with Crippen LogP contribution in [0.25, 0.3) is 0 Å². The monoisotopic (exact) mass is 198 g/mol. The fraction of sp³-hybridized carbons (Fsp3) is 0.800. The van der Waals surface area contributed by atoms with E-state index in [1.807, 2.05) is 20.8 Å². The minimum atomic E-state index is -0.666. The SMILES string of the molecule is CCC(CC)C1(CC)NC(=O)NC1=O. The molecular formula is C10H18N2O2. The first-order chi connectivity index (χ1) is 6.60. The maximum atomic E-state index is 11.7. The van der Waals surface area contributed by atoms with Crippen molar-refractivity contribution in [1.82, 2.24) is 10.6 Å². The molecule has 3 amide bonds. The van der Waals surface area contributed by atoms with Crippen molar-refractivity contribution in [3.63, 3.8) is 0 Å². The number of carbonyl (C=O) groups is 2. The zero-order valence-corrected chi connectivity index (χ0v) is 9.02. The van der Waals surface area contributed by atoms with E-state index in [1.165, 1.54) is 0 Å². The largest absolute Gasteiger partial charge is 0.323 e. The van der Waals surface area contributed by atoms with Crippen molar-refractivity contribution in [3.8, 4) is 0 Å². The Kier molecular flexibility index (Phi) is 3.13. The molecule has 0 radical (unpaired) electrons. The van der Waals surface area contributed by atoms with E-state index in [4.69, 9.17) is 0 Å². The second kappa shape index (κ2) is 3.98. The van der Waals surface area contributed by atoms with Gasteiger partial charge in [-0.05, 0) is 12.3 Å². The number of carbonyl (C=O) groups excluding carboxylic acids is 2. The number of imide groups is 1. The molecule has 1 rings (SSSR count). The summed E-state index contributed by atoms with van der Waals surface area (Å²) in [5.41, 5.74) is -0.666. The molecule has 0 spiro atoms. The maximum absolute atomic E-state index is 11.7. The van der Waals surface area contributed by atoms with Gasteiger partial charge in [0.25, 0.3) is 5.91 Å². The Bertz CT molecular complexity index is 249. The second-order valence-electron chi connectivity index (χ2n) is 3.75. The van der Waals surface area contributed by atoms with Gasteiger partial charge < -0.3 is 5.32 Å². The van der Waals surface area contributed by atoms with E-state index in [2.05, 4.69) is 10.6 Å². The fourth-order valence-corrected chi connectivity index (χ4v) is 2.32. The van der Waals surface area contributed by atoms with E-state index in [0.29, 0.717) is 6.42 Å². The van der Waals surface area contributed by atoms with Gasteiger partial charge in [0.1, 0.15) is 5.54 Å². The number of hydrogen-bond acceptors (Lipinski definition) is 2.